The maximum atomic E-state index is 14.8. The Hall–Kier alpha value is -5.81. The van der Waals surface area contributed by atoms with Crippen LogP contribution in [0.3, 0.4) is 0 Å². The van der Waals surface area contributed by atoms with Crippen LogP contribution in [-0.4, -0.2) is 119 Å². The Labute approximate surface area is 402 Å². The van der Waals surface area contributed by atoms with Crippen molar-refractivity contribution in [2.75, 3.05) is 40.4 Å². The first-order chi connectivity index (χ1) is 32.6. The lowest BCUT2D eigenvalue weighted by Gasteiger charge is -2.39. The van der Waals surface area contributed by atoms with Gasteiger partial charge < -0.3 is 29.2 Å². The van der Waals surface area contributed by atoms with Crippen LogP contribution in [0.4, 0.5) is 18.0 Å². The summed E-state index contributed by atoms with van der Waals surface area (Å²) in [6.45, 7) is 14.6. The number of alkyl halides is 3. The van der Waals surface area contributed by atoms with Crippen LogP contribution in [0.15, 0.2) is 54.7 Å². The number of carbonyl (C=O) groups excluding carboxylic acids is 5. The van der Waals surface area contributed by atoms with Crippen molar-refractivity contribution in [3.8, 4) is 22.4 Å². The number of benzene rings is 2. The fourth-order valence-corrected chi connectivity index (χ4v) is 10.3. The van der Waals surface area contributed by atoms with Gasteiger partial charge in [-0.25, -0.2) is 10.2 Å². The summed E-state index contributed by atoms with van der Waals surface area (Å²) in [6, 6.07) is 12.9. The van der Waals surface area contributed by atoms with Gasteiger partial charge in [0.15, 0.2) is 0 Å². The van der Waals surface area contributed by atoms with Gasteiger partial charge in [0.25, 0.3) is 5.91 Å². The van der Waals surface area contributed by atoms with E-state index >= 15 is 0 Å². The summed E-state index contributed by atoms with van der Waals surface area (Å²) >= 11 is 0. The molecule has 4 aromatic rings. The van der Waals surface area contributed by atoms with E-state index in [0.29, 0.717) is 25.8 Å². The molecule has 69 heavy (non-hydrogen) atoms. The number of aromatic nitrogens is 2. The number of likely N-dealkylation sites (N-methyl/N-ethyl adjacent to an activating group) is 1. The number of Topliss-reactive ketones (excluding diaryl/α,β-unsaturated/α-hetero) is 1. The van der Waals surface area contributed by atoms with E-state index in [1.54, 1.807) is 27.2 Å². The molecule has 0 saturated carbocycles. The van der Waals surface area contributed by atoms with Gasteiger partial charge in [0.2, 0.25) is 11.7 Å². The standard InChI is InChI=1S/C52H66F3N7O7/c1-10-61-42-16-15-35-27-38(42)39(45(61)37-13-11-19-56-43(37)32(5)68-9)28-51(6,7)29-69-49(66)40-14-12-20-62(58-40)48(65)41(26-33-23-31(4)24-36(35)25-33)57-47(64)44(30(2)3)59(8)50(67)60-21-17-34(18-22-60)46(63)52(53,54)55/h11,13,15-16,19,23-25,27,30,32,34,40-41,44,58H,10,12,14,17-18,20-22,26,28-29H2,1-9H3,(H,57,64)/t32-,40-,41-,44-/m0/s1. The molecular weight excluding hydrogens is 892 g/mol. The molecule has 0 spiro atoms. The van der Waals surface area contributed by atoms with Crippen LogP contribution in [0, 0.1) is 24.2 Å². The van der Waals surface area contributed by atoms with E-state index in [2.05, 4.69) is 66.4 Å². The number of hydrogen-bond donors (Lipinski definition) is 2. The number of likely N-dealkylation sites (tertiary alicyclic amines) is 1. The molecule has 0 unspecified atom stereocenters. The third kappa shape index (κ3) is 11.0. The van der Waals surface area contributed by atoms with Gasteiger partial charge >= 0.3 is 18.2 Å². The molecule has 2 fully saturated rings. The summed E-state index contributed by atoms with van der Waals surface area (Å²) < 4.78 is 53.8. The highest BCUT2D eigenvalue weighted by Crippen LogP contribution is 2.42. The van der Waals surface area contributed by atoms with Crippen LogP contribution in [-0.2, 0) is 48.0 Å². The number of ketones is 1. The highest BCUT2D eigenvalue weighted by Gasteiger charge is 2.45. The molecule has 3 aliphatic heterocycles. The predicted octanol–water partition coefficient (Wildman–Crippen LogP) is 7.97. The highest BCUT2D eigenvalue weighted by atomic mass is 19.4. The van der Waals surface area contributed by atoms with Crippen LogP contribution < -0.4 is 10.7 Å². The van der Waals surface area contributed by atoms with Crippen molar-refractivity contribution in [2.24, 2.45) is 17.3 Å². The van der Waals surface area contributed by atoms with Crippen molar-refractivity contribution >= 4 is 40.5 Å². The second-order valence-corrected chi connectivity index (χ2v) is 20.1. The maximum absolute atomic E-state index is 14.8. The molecule has 372 valence electrons. The molecule has 6 bridgehead atoms. The quantitative estimate of drug-likeness (QED) is 0.159. The molecule has 14 nitrogen and oxygen atoms in total. The van der Waals surface area contributed by atoms with Gasteiger partial charge in [0, 0.05) is 80.8 Å². The van der Waals surface area contributed by atoms with Gasteiger partial charge in [-0.1, -0.05) is 57.5 Å². The van der Waals surface area contributed by atoms with E-state index in [1.807, 2.05) is 32.0 Å². The zero-order valence-corrected chi connectivity index (χ0v) is 41.2. The smallest absolute Gasteiger partial charge is 0.450 e. The summed E-state index contributed by atoms with van der Waals surface area (Å²) in [7, 11) is 3.13. The lowest BCUT2D eigenvalue weighted by Crippen LogP contribution is -2.62. The second-order valence-electron chi connectivity index (χ2n) is 20.1. The van der Waals surface area contributed by atoms with Crippen molar-refractivity contribution in [2.45, 2.75) is 124 Å². The minimum Gasteiger partial charge on any atom is -0.464 e. The minimum atomic E-state index is -4.96. The number of ether oxygens (including phenoxy) is 2. The zero-order chi connectivity index (χ0) is 50.1. The fourth-order valence-electron chi connectivity index (χ4n) is 10.3. The van der Waals surface area contributed by atoms with Crippen LogP contribution in [0.5, 0.6) is 0 Å². The van der Waals surface area contributed by atoms with Gasteiger partial charge in [-0.05, 0) is 105 Å². The Balaban J connectivity index is 1.27. The first-order valence-corrected chi connectivity index (χ1v) is 24.0. The number of amides is 4. The maximum Gasteiger partial charge on any atom is 0.450 e. The topological polar surface area (TPSA) is 155 Å². The molecule has 4 amide bonds. The molecule has 17 heteroatoms. The number of hydrogen-bond acceptors (Lipinski definition) is 9. The molecule has 2 aromatic heterocycles. The largest absolute Gasteiger partial charge is 0.464 e. The van der Waals surface area contributed by atoms with Crippen LogP contribution in [0.25, 0.3) is 33.3 Å². The van der Waals surface area contributed by atoms with E-state index in [4.69, 9.17) is 14.5 Å². The van der Waals surface area contributed by atoms with Crippen molar-refractivity contribution < 1.29 is 46.6 Å². The molecule has 4 atom stereocenters. The SMILES string of the molecule is CCn1c(-c2cccnc2[C@H](C)OC)c2c3cc(ccc31)-c1cc(C)cc(c1)C[C@H](NC(=O)[C@H](C(C)C)N(C)C(=O)N1CCC(C(=O)C(F)(F)F)CC1)C(=O)N1CCC[C@H](N1)C(=O)OCC(C)(C)C2. The van der Waals surface area contributed by atoms with Crippen LogP contribution in [0.2, 0.25) is 0 Å². The summed E-state index contributed by atoms with van der Waals surface area (Å²) in [5.74, 6) is -5.06. The summed E-state index contributed by atoms with van der Waals surface area (Å²) in [6.07, 6.45) is -2.24. The molecule has 3 aliphatic rings. The molecule has 2 aromatic carbocycles. The molecule has 7 rings (SSSR count). The normalized spacial score (nSPS) is 20.3. The van der Waals surface area contributed by atoms with E-state index < -0.39 is 71.2 Å². The summed E-state index contributed by atoms with van der Waals surface area (Å²) in [5, 5.41) is 5.40. The molecule has 5 heterocycles. The minimum absolute atomic E-state index is 0.0648. The zero-order valence-electron chi connectivity index (χ0n) is 41.2. The van der Waals surface area contributed by atoms with E-state index in [1.165, 1.54) is 21.9 Å². The third-order valence-electron chi connectivity index (χ3n) is 13.9. The van der Waals surface area contributed by atoms with Crippen molar-refractivity contribution in [3.05, 3.63) is 77.1 Å². The average molecular weight is 958 g/mol. The number of hydrazine groups is 1. The average Bonchev–Trinajstić information content (AvgIpc) is 3.62. The fraction of sp³-hybridized carbons (Fsp3) is 0.538. The van der Waals surface area contributed by atoms with Crippen molar-refractivity contribution in [1.29, 1.82) is 0 Å². The Morgan fingerprint density at radius 1 is 1.01 bits per heavy atom. The number of carbonyl (C=O) groups is 5. The summed E-state index contributed by atoms with van der Waals surface area (Å²) in [4.78, 5) is 76.5. The molecule has 2 saturated heterocycles. The first-order valence-electron chi connectivity index (χ1n) is 24.0. The summed E-state index contributed by atoms with van der Waals surface area (Å²) in [5.41, 5.74) is 11.0. The molecule has 0 radical (unpaired) electrons. The van der Waals surface area contributed by atoms with Gasteiger partial charge in [-0.3, -0.25) is 29.2 Å². The van der Waals surface area contributed by atoms with Gasteiger partial charge in [-0.2, -0.15) is 13.2 Å². The number of rotatable bonds is 9. The number of fused-ring (bicyclic) bond motifs is 6. The lowest BCUT2D eigenvalue weighted by molar-refractivity contribution is -0.176. The first kappa shape index (κ1) is 51.1. The Bertz CT molecular complexity index is 2580. The van der Waals surface area contributed by atoms with Gasteiger partial charge in [0.05, 0.1) is 24.1 Å². The number of pyridine rings is 1. The second kappa shape index (κ2) is 20.6. The van der Waals surface area contributed by atoms with Crippen molar-refractivity contribution in [1.82, 2.24) is 35.1 Å². The molecule has 0 aliphatic carbocycles. The number of nitrogens with zero attached hydrogens (tertiary/aromatic N) is 5. The van der Waals surface area contributed by atoms with Gasteiger partial charge in [0.1, 0.15) is 18.1 Å². The molecular formula is C52H66F3N7O7. The number of esters is 1. The Kier molecular flexibility index (Phi) is 15.3. The van der Waals surface area contributed by atoms with E-state index in [9.17, 15) is 37.1 Å². The lowest BCUT2D eigenvalue weighted by atomic mass is 9.84. The van der Waals surface area contributed by atoms with Crippen LogP contribution >= 0.6 is 0 Å². The van der Waals surface area contributed by atoms with Crippen LogP contribution in [0.1, 0.15) is 95.7 Å². The van der Waals surface area contributed by atoms with Gasteiger partial charge in [-0.15, -0.1) is 0 Å². The Morgan fingerprint density at radius 2 is 1.74 bits per heavy atom. The third-order valence-corrected chi connectivity index (χ3v) is 13.9. The number of aryl methyl sites for hydroxylation is 2. The number of halogens is 3. The number of nitrogens with one attached hydrogen (secondary N) is 2. The number of cyclic esters (lactones) is 1. The highest BCUT2D eigenvalue weighted by molar-refractivity contribution is 5.96. The molecule has 2 N–H and O–H groups in total. The monoisotopic (exact) mass is 957 g/mol. The van der Waals surface area contributed by atoms with E-state index in [0.717, 1.165) is 55.7 Å². The number of piperidine rings is 1. The predicted molar refractivity (Wildman–Crippen MR) is 256 cm³/mol. The van der Waals surface area contributed by atoms with Crippen molar-refractivity contribution in [3.63, 3.8) is 0 Å². The Morgan fingerprint density at radius 3 is 2.41 bits per heavy atom. The number of methoxy groups -OCH3 is 1. The number of urea groups is 1. The van der Waals surface area contributed by atoms with E-state index in [-0.39, 0.29) is 51.6 Å².